The van der Waals surface area contributed by atoms with Gasteiger partial charge in [0.15, 0.2) is 0 Å². The molecule has 1 aliphatic rings. The summed E-state index contributed by atoms with van der Waals surface area (Å²) in [5.41, 5.74) is 4.99. The monoisotopic (exact) mass is 343 g/mol. The number of nitrogens with one attached hydrogen (secondary N) is 1. The molecule has 0 saturated heterocycles. The van der Waals surface area contributed by atoms with E-state index in [0.29, 0.717) is 17.7 Å². The van der Waals surface area contributed by atoms with Gasteiger partial charge in [0.25, 0.3) is 5.56 Å². The van der Waals surface area contributed by atoms with Gasteiger partial charge in [-0.05, 0) is 24.1 Å². The second-order valence-electron chi connectivity index (χ2n) is 6.54. The number of aromatic amines is 1. The quantitative estimate of drug-likeness (QED) is 0.564. The Hall–Kier alpha value is -3.34. The molecule has 0 fully saturated rings. The first kappa shape index (κ1) is 15.0. The largest absolute Gasteiger partial charge is 0.497 e. The zero-order chi connectivity index (χ0) is 17.8. The number of hydrogen-bond acceptors (Lipinski definition) is 3. The fourth-order valence-corrected chi connectivity index (χ4v) is 3.93. The van der Waals surface area contributed by atoms with Crippen LogP contribution in [-0.2, 0) is 17.7 Å². The van der Waals surface area contributed by atoms with E-state index in [1.807, 2.05) is 22.8 Å². The van der Waals surface area contributed by atoms with Crippen LogP contribution < -0.4 is 5.56 Å². The van der Waals surface area contributed by atoms with E-state index in [1.165, 1.54) is 10.9 Å². The number of aryl methyl sites for hydroxylation is 1. The predicted molar refractivity (Wildman–Crippen MR) is 103 cm³/mol. The van der Waals surface area contributed by atoms with Crippen molar-refractivity contribution in [3.8, 4) is 11.4 Å². The van der Waals surface area contributed by atoms with Gasteiger partial charge < -0.3 is 14.3 Å². The third-order valence-corrected chi connectivity index (χ3v) is 5.24. The van der Waals surface area contributed by atoms with Gasteiger partial charge in [-0.15, -0.1) is 0 Å². The van der Waals surface area contributed by atoms with Crippen LogP contribution in [0, 0.1) is 0 Å². The van der Waals surface area contributed by atoms with Gasteiger partial charge in [-0.2, -0.15) is 0 Å². The number of fused-ring (bicyclic) bond motifs is 6. The molecular formula is C21H17N3O2. The Balaban J connectivity index is 1.89. The summed E-state index contributed by atoms with van der Waals surface area (Å²) < 4.78 is 7.13. The molecule has 1 N–H and O–H groups in total. The summed E-state index contributed by atoms with van der Waals surface area (Å²) >= 11 is 0. The van der Waals surface area contributed by atoms with E-state index in [4.69, 9.17) is 4.74 Å². The zero-order valence-electron chi connectivity index (χ0n) is 14.4. The molecule has 0 spiro atoms. The third-order valence-electron chi connectivity index (χ3n) is 5.24. The highest BCUT2D eigenvalue weighted by molar-refractivity contribution is 5.96. The van der Waals surface area contributed by atoms with E-state index in [0.717, 1.165) is 34.3 Å². The average Bonchev–Trinajstić information content (AvgIpc) is 3.06. The number of aromatic nitrogens is 3. The lowest BCUT2D eigenvalue weighted by molar-refractivity contribution is 0.372. The third kappa shape index (κ3) is 1.91. The maximum Gasteiger partial charge on any atom is 0.260 e. The van der Waals surface area contributed by atoms with Crippen molar-refractivity contribution in [3.05, 3.63) is 70.8 Å². The van der Waals surface area contributed by atoms with E-state index in [9.17, 15) is 4.79 Å². The van der Waals surface area contributed by atoms with Crippen LogP contribution in [0.4, 0.5) is 0 Å². The van der Waals surface area contributed by atoms with Gasteiger partial charge in [-0.1, -0.05) is 24.8 Å². The van der Waals surface area contributed by atoms with Crippen molar-refractivity contribution in [1.29, 1.82) is 0 Å². The van der Waals surface area contributed by atoms with Crippen molar-refractivity contribution in [2.75, 3.05) is 7.11 Å². The van der Waals surface area contributed by atoms with Gasteiger partial charge in [0.05, 0.1) is 23.9 Å². The topological polar surface area (TPSA) is 59.9 Å². The lowest BCUT2D eigenvalue weighted by Gasteiger charge is -2.20. The van der Waals surface area contributed by atoms with Crippen LogP contribution in [0.1, 0.15) is 11.1 Å². The Bertz CT molecular complexity index is 1260. The molecule has 0 saturated carbocycles. The number of ether oxygens (including phenoxy) is 1. The standard InChI is InChI=1S/C21H17N3O2/c1-12(26-2)16-10-22-11-17-15(16)9-19-20-14(7-8-24(19)21(17)25)13-5-3-4-6-18(13)23-20/h3-6,9-11,23H,1,7-8H2,2H3. The summed E-state index contributed by atoms with van der Waals surface area (Å²) in [7, 11) is 1.57. The molecule has 128 valence electrons. The second-order valence-corrected chi connectivity index (χ2v) is 6.54. The Labute approximate surface area is 149 Å². The van der Waals surface area contributed by atoms with E-state index in [2.05, 4.69) is 28.7 Å². The summed E-state index contributed by atoms with van der Waals surface area (Å²) in [4.78, 5) is 20.8. The average molecular weight is 343 g/mol. The maximum absolute atomic E-state index is 13.1. The van der Waals surface area contributed by atoms with E-state index >= 15 is 0 Å². The van der Waals surface area contributed by atoms with Crippen molar-refractivity contribution >= 4 is 27.4 Å². The predicted octanol–water partition coefficient (Wildman–Crippen LogP) is 3.72. The van der Waals surface area contributed by atoms with Crippen molar-refractivity contribution in [2.45, 2.75) is 13.0 Å². The number of rotatable bonds is 2. The fraction of sp³-hybridized carbons (Fsp3) is 0.143. The molecule has 0 amide bonds. The maximum atomic E-state index is 13.1. The first-order chi connectivity index (χ1) is 12.7. The molecule has 0 aliphatic carbocycles. The smallest absolute Gasteiger partial charge is 0.260 e. The zero-order valence-corrected chi connectivity index (χ0v) is 14.4. The molecular weight excluding hydrogens is 326 g/mol. The van der Waals surface area contributed by atoms with E-state index < -0.39 is 0 Å². The van der Waals surface area contributed by atoms with Crippen molar-refractivity contribution in [3.63, 3.8) is 0 Å². The molecule has 0 bridgehead atoms. The number of pyridine rings is 2. The van der Waals surface area contributed by atoms with Crippen molar-refractivity contribution in [1.82, 2.24) is 14.5 Å². The summed E-state index contributed by atoms with van der Waals surface area (Å²) in [6.07, 6.45) is 4.15. The molecule has 4 aromatic rings. The van der Waals surface area contributed by atoms with E-state index in [1.54, 1.807) is 19.5 Å². The molecule has 5 heteroatoms. The normalized spacial score (nSPS) is 12.8. The Morgan fingerprint density at radius 3 is 2.92 bits per heavy atom. The van der Waals surface area contributed by atoms with Gasteiger partial charge in [0, 0.05) is 40.8 Å². The minimum Gasteiger partial charge on any atom is -0.497 e. The summed E-state index contributed by atoms with van der Waals surface area (Å²) in [6.45, 7) is 4.60. The van der Waals surface area contributed by atoms with Crippen molar-refractivity contribution < 1.29 is 4.74 Å². The lowest BCUT2D eigenvalue weighted by atomic mass is 9.99. The summed E-state index contributed by atoms with van der Waals surface area (Å²) in [5, 5.41) is 2.62. The van der Waals surface area contributed by atoms with Gasteiger partial charge in [-0.3, -0.25) is 9.78 Å². The number of benzene rings is 1. The van der Waals surface area contributed by atoms with Gasteiger partial charge >= 0.3 is 0 Å². The number of H-pyrrole nitrogens is 1. The summed E-state index contributed by atoms with van der Waals surface area (Å²) in [5.74, 6) is 0.500. The number of para-hydroxylation sites is 1. The van der Waals surface area contributed by atoms with Crippen LogP contribution in [0.2, 0.25) is 0 Å². The molecule has 1 aliphatic heterocycles. The molecule has 0 radical (unpaired) electrons. The van der Waals surface area contributed by atoms with Crippen molar-refractivity contribution in [2.24, 2.45) is 0 Å². The Kier molecular flexibility index (Phi) is 3.06. The molecule has 4 heterocycles. The van der Waals surface area contributed by atoms with Crippen LogP contribution in [-0.4, -0.2) is 21.6 Å². The Morgan fingerprint density at radius 2 is 2.08 bits per heavy atom. The lowest BCUT2D eigenvalue weighted by Crippen LogP contribution is -2.26. The summed E-state index contributed by atoms with van der Waals surface area (Å²) in [6, 6.07) is 10.3. The first-order valence-electron chi connectivity index (χ1n) is 8.54. The van der Waals surface area contributed by atoms with Crippen LogP contribution in [0.15, 0.2) is 54.1 Å². The SMILES string of the molecule is C=C(OC)c1cncc2c(=O)n3c(cc12)-c1[nH]c2ccccc2c1CC3. The van der Waals surface area contributed by atoms with Crippen LogP contribution in [0.5, 0.6) is 0 Å². The number of hydrogen-bond donors (Lipinski definition) is 1. The van der Waals surface area contributed by atoms with Crippen LogP contribution in [0.3, 0.4) is 0 Å². The minimum atomic E-state index is -0.0277. The van der Waals surface area contributed by atoms with Gasteiger partial charge in [0.1, 0.15) is 5.76 Å². The first-order valence-corrected chi connectivity index (χ1v) is 8.54. The Morgan fingerprint density at radius 1 is 1.23 bits per heavy atom. The van der Waals surface area contributed by atoms with Crippen LogP contribution >= 0.6 is 0 Å². The van der Waals surface area contributed by atoms with E-state index in [-0.39, 0.29) is 5.56 Å². The van der Waals surface area contributed by atoms with Crippen LogP contribution in [0.25, 0.3) is 38.8 Å². The molecule has 1 aromatic carbocycles. The van der Waals surface area contributed by atoms with Gasteiger partial charge in [0.2, 0.25) is 0 Å². The number of methoxy groups -OCH3 is 1. The molecule has 0 unspecified atom stereocenters. The highest BCUT2D eigenvalue weighted by Gasteiger charge is 2.23. The number of nitrogens with zero attached hydrogens (tertiary/aromatic N) is 2. The molecule has 5 rings (SSSR count). The highest BCUT2D eigenvalue weighted by Crippen LogP contribution is 2.35. The highest BCUT2D eigenvalue weighted by atomic mass is 16.5. The molecule has 26 heavy (non-hydrogen) atoms. The van der Waals surface area contributed by atoms with Gasteiger partial charge in [-0.25, -0.2) is 0 Å². The molecule has 0 atom stereocenters. The minimum absolute atomic E-state index is 0.0277. The second kappa shape index (κ2) is 5.33. The fourth-order valence-electron chi connectivity index (χ4n) is 3.93. The molecule has 3 aromatic heterocycles. The molecule has 5 nitrogen and oxygen atoms in total.